The number of hydrogen-bond acceptors (Lipinski definition) is 4. The molecule has 0 aromatic heterocycles. The Balaban J connectivity index is 1.46. The van der Waals surface area contributed by atoms with Gasteiger partial charge in [0, 0.05) is 38.3 Å². The van der Waals surface area contributed by atoms with Crippen molar-refractivity contribution in [3.05, 3.63) is 0 Å². The van der Waals surface area contributed by atoms with E-state index in [4.69, 9.17) is 4.74 Å². The highest BCUT2D eigenvalue weighted by Gasteiger charge is 2.39. The molecule has 3 rings (SSSR count). The third-order valence-corrected chi connectivity index (χ3v) is 4.84. The van der Waals surface area contributed by atoms with Gasteiger partial charge >= 0.3 is 0 Å². The first-order valence-electron chi connectivity index (χ1n) is 7.98. The van der Waals surface area contributed by atoms with Gasteiger partial charge in [-0.1, -0.05) is 0 Å². The Morgan fingerprint density at radius 2 is 1.89 bits per heavy atom. The summed E-state index contributed by atoms with van der Waals surface area (Å²) >= 11 is 0. The zero-order valence-electron chi connectivity index (χ0n) is 12.1. The number of aliphatic hydroxyl groups is 1. The van der Waals surface area contributed by atoms with E-state index in [1.165, 1.54) is 25.7 Å². The van der Waals surface area contributed by atoms with Gasteiger partial charge in [-0.3, -0.25) is 9.80 Å². The molecule has 2 saturated carbocycles. The monoisotopic (exact) mass is 268 g/mol. The van der Waals surface area contributed by atoms with E-state index in [0.717, 1.165) is 51.4 Å². The second kappa shape index (κ2) is 6.08. The Labute approximate surface area is 116 Å². The molecule has 1 heterocycles. The van der Waals surface area contributed by atoms with E-state index in [1.54, 1.807) is 0 Å². The van der Waals surface area contributed by atoms with E-state index in [9.17, 15) is 5.11 Å². The molecular weight excluding hydrogens is 240 g/mol. The molecule has 0 bridgehead atoms. The van der Waals surface area contributed by atoms with Crippen LogP contribution in [-0.2, 0) is 4.74 Å². The Morgan fingerprint density at radius 3 is 2.47 bits per heavy atom. The fraction of sp³-hybridized carbons (Fsp3) is 1.00. The molecular formula is C15H28N2O2. The fourth-order valence-electron chi connectivity index (χ4n) is 3.29. The van der Waals surface area contributed by atoms with Gasteiger partial charge in [0.1, 0.15) is 0 Å². The highest BCUT2D eigenvalue weighted by molar-refractivity contribution is 4.94. The maximum Gasteiger partial charge on any atom is 0.0794 e. The molecule has 3 fully saturated rings. The molecule has 0 unspecified atom stereocenters. The minimum atomic E-state index is -0.208. The van der Waals surface area contributed by atoms with Gasteiger partial charge in [-0.25, -0.2) is 0 Å². The number of morpholine rings is 1. The molecule has 0 aromatic rings. The normalized spacial score (nSPS) is 28.6. The molecule has 0 radical (unpaired) electrons. The van der Waals surface area contributed by atoms with Crippen LogP contribution in [0.1, 0.15) is 32.6 Å². The summed E-state index contributed by atoms with van der Waals surface area (Å²) in [5, 5.41) is 10.4. The first-order chi connectivity index (χ1) is 9.24. The molecule has 0 aromatic carbocycles. The molecule has 4 heteroatoms. The molecule has 110 valence electrons. The van der Waals surface area contributed by atoms with Crippen LogP contribution in [0.2, 0.25) is 0 Å². The van der Waals surface area contributed by atoms with Crippen LogP contribution in [0.3, 0.4) is 0 Å². The maximum atomic E-state index is 10.4. The molecule has 1 saturated heterocycles. The van der Waals surface area contributed by atoms with Crippen LogP contribution in [0.15, 0.2) is 0 Å². The molecule has 1 aliphatic heterocycles. The highest BCUT2D eigenvalue weighted by atomic mass is 16.5. The third kappa shape index (κ3) is 3.91. The van der Waals surface area contributed by atoms with Gasteiger partial charge in [0.05, 0.1) is 19.3 Å². The van der Waals surface area contributed by atoms with Crippen LogP contribution < -0.4 is 0 Å². The lowest BCUT2D eigenvalue weighted by atomic mass is 10.1. The molecule has 3 aliphatic rings. The molecule has 2 aliphatic carbocycles. The predicted octanol–water partition coefficient (Wildman–Crippen LogP) is 0.942. The smallest absolute Gasteiger partial charge is 0.0794 e. The number of rotatable bonds is 7. The van der Waals surface area contributed by atoms with E-state index in [0.29, 0.717) is 6.04 Å². The highest BCUT2D eigenvalue weighted by Crippen LogP contribution is 2.39. The fourth-order valence-corrected chi connectivity index (χ4v) is 3.29. The molecule has 0 amide bonds. The summed E-state index contributed by atoms with van der Waals surface area (Å²) < 4.78 is 5.35. The first-order valence-corrected chi connectivity index (χ1v) is 7.98. The number of ether oxygens (including phenoxy) is 1. The van der Waals surface area contributed by atoms with Crippen molar-refractivity contribution in [3.8, 4) is 0 Å². The maximum absolute atomic E-state index is 10.4. The van der Waals surface area contributed by atoms with Gasteiger partial charge in [0.25, 0.3) is 0 Å². The van der Waals surface area contributed by atoms with E-state index in [-0.39, 0.29) is 6.10 Å². The van der Waals surface area contributed by atoms with Gasteiger partial charge in [0.15, 0.2) is 0 Å². The Bertz CT molecular complexity index is 286. The summed E-state index contributed by atoms with van der Waals surface area (Å²) in [4.78, 5) is 4.92. The van der Waals surface area contributed by atoms with E-state index in [2.05, 4.69) is 16.7 Å². The zero-order valence-corrected chi connectivity index (χ0v) is 12.1. The molecule has 1 N–H and O–H groups in total. The summed E-state index contributed by atoms with van der Waals surface area (Å²) in [6, 6.07) is 1.43. The quantitative estimate of drug-likeness (QED) is 0.745. The lowest BCUT2D eigenvalue weighted by molar-refractivity contribution is 0.00157. The van der Waals surface area contributed by atoms with E-state index < -0.39 is 0 Å². The SMILES string of the molecule is C[C@H](C1CC1)N(C[C@H](O)CN1CCOCC1)C1CC1. The topological polar surface area (TPSA) is 35.9 Å². The average Bonchev–Trinajstić information content (AvgIpc) is 3.30. The summed E-state index contributed by atoms with van der Waals surface area (Å²) in [6.07, 6.45) is 5.25. The van der Waals surface area contributed by atoms with Gasteiger partial charge in [-0.15, -0.1) is 0 Å². The molecule has 19 heavy (non-hydrogen) atoms. The van der Waals surface area contributed by atoms with Crippen LogP contribution in [0.25, 0.3) is 0 Å². The molecule has 0 spiro atoms. The minimum Gasteiger partial charge on any atom is -0.390 e. The van der Waals surface area contributed by atoms with E-state index in [1.807, 2.05) is 0 Å². The summed E-state index contributed by atoms with van der Waals surface area (Å²) in [5.41, 5.74) is 0. The van der Waals surface area contributed by atoms with Crippen molar-refractivity contribution < 1.29 is 9.84 Å². The second-order valence-corrected chi connectivity index (χ2v) is 6.57. The Kier molecular flexibility index (Phi) is 4.42. The van der Waals surface area contributed by atoms with Crippen molar-refractivity contribution in [2.24, 2.45) is 5.92 Å². The van der Waals surface area contributed by atoms with Crippen molar-refractivity contribution in [1.82, 2.24) is 9.80 Å². The van der Waals surface area contributed by atoms with Crippen LogP contribution in [-0.4, -0.2) is 72.5 Å². The van der Waals surface area contributed by atoms with Gasteiger partial charge in [-0.2, -0.15) is 0 Å². The summed E-state index contributed by atoms with van der Waals surface area (Å²) in [5.74, 6) is 0.899. The number of β-amino-alcohol motifs (C(OH)–C–C–N with tert-alkyl or cyclic N) is 1. The molecule has 2 atom stereocenters. The Morgan fingerprint density at radius 1 is 1.21 bits per heavy atom. The predicted molar refractivity (Wildman–Crippen MR) is 75.2 cm³/mol. The molecule has 4 nitrogen and oxygen atoms in total. The lowest BCUT2D eigenvalue weighted by Crippen LogP contribution is -2.47. The van der Waals surface area contributed by atoms with Gasteiger partial charge < -0.3 is 9.84 Å². The summed E-state index contributed by atoms with van der Waals surface area (Å²) in [6.45, 7) is 7.60. The zero-order chi connectivity index (χ0) is 13.2. The van der Waals surface area contributed by atoms with Crippen molar-refractivity contribution in [1.29, 1.82) is 0 Å². The number of nitrogens with zero attached hydrogens (tertiary/aromatic N) is 2. The largest absolute Gasteiger partial charge is 0.390 e. The van der Waals surface area contributed by atoms with Crippen LogP contribution in [0.4, 0.5) is 0 Å². The van der Waals surface area contributed by atoms with Crippen LogP contribution in [0, 0.1) is 5.92 Å². The average molecular weight is 268 g/mol. The lowest BCUT2D eigenvalue weighted by Gasteiger charge is -2.34. The Hall–Kier alpha value is -0.160. The van der Waals surface area contributed by atoms with Crippen molar-refractivity contribution in [2.75, 3.05) is 39.4 Å². The van der Waals surface area contributed by atoms with Gasteiger partial charge in [-0.05, 0) is 38.5 Å². The summed E-state index contributed by atoms with van der Waals surface area (Å²) in [7, 11) is 0. The third-order valence-electron chi connectivity index (χ3n) is 4.84. The first kappa shape index (κ1) is 13.8. The van der Waals surface area contributed by atoms with Crippen molar-refractivity contribution in [3.63, 3.8) is 0 Å². The van der Waals surface area contributed by atoms with Crippen LogP contribution >= 0.6 is 0 Å². The number of hydrogen-bond donors (Lipinski definition) is 1. The standard InChI is InChI=1S/C15H28N2O2/c1-12(13-2-3-13)17(14-4-5-14)11-15(18)10-16-6-8-19-9-7-16/h12-15,18H,2-11H2,1H3/t12-,15-/m1/s1. The minimum absolute atomic E-state index is 0.208. The number of aliphatic hydroxyl groups excluding tert-OH is 1. The van der Waals surface area contributed by atoms with Gasteiger partial charge in [0.2, 0.25) is 0 Å². The van der Waals surface area contributed by atoms with Crippen molar-refractivity contribution >= 4 is 0 Å². The van der Waals surface area contributed by atoms with Crippen LogP contribution in [0.5, 0.6) is 0 Å². The van der Waals surface area contributed by atoms with E-state index >= 15 is 0 Å². The second-order valence-electron chi connectivity index (χ2n) is 6.57. The van der Waals surface area contributed by atoms with Crippen molar-refractivity contribution in [2.45, 2.75) is 50.8 Å².